The monoisotopic (exact) mass is 1160 g/mol. The first-order chi connectivity index (χ1) is 40.0. The Kier molecular flexibility index (Phi) is 58.4. The lowest BCUT2D eigenvalue weighted by atomic mass is 10.0. The lowest BCUT2D eigenvalue weighted by Crippen LogP contribution is -2.37. The molecule has 0 saturated carbocycles. The number of ether oxygens (including phenoxy) is 2. The summed E-state index contributed by atoms with van der Waals surface area (Å²) in [6.07, 6.45) is 91.1. The zero-order valence-corrected chi connectivity index (χ0v) is 53.8. The van der Waals surface area contributed by atoms with E-state index in [9.17, 15) is 19.0 Å². The molecule has 0 aromatic heterocycles. The van der Waals surface area contributed by atoms with Gasteiger partial charge in [-0.05, 0) is 109 Å². The molecule has 0 radical (unpaired) electrons. The van der Waals surface area contributed by atoms with Crippen LogP contribution < -0.4 is 0 Å². The number of phosphoric acid groups is 1. The summed E-state index contributed by atoms with van der Waals surface area (Å²) in [6, 6.07) is 0. The second-order valence-corrected chi connectivity index (χ2v) is 23.8. The molecule has 1 N–H and O–H groups in total. The van der Waals surface area contributed by atoms with E-state index in [1.54, 1.807) is 0 Å². The molecule has 0 heterocycles. The number of carbonyl (C=O) groups excluding carboxylic acids is 2. The first-order valence-electron chi connectivity index (χ1n) is 32.6. The molecule has 82 heavy (non-hydrogen) atoms. The highest BCUT2D eigenvalue weighted by Crippen LogP contribution is 2.43. The van der Waals surface area contributed by atoms with Gasteiger partial charge in [0.15, 0.2) is 6.10 Å². The highest BCUT2D eigenvalue weighted by molar-refractivity contribution is 7.47. The quantitative estimate of drug-likeness (QED) is 0.0211. The summed E-state index contributed by atoms with van der Waals surface area (Å²) in [4.78, 5) is 35.7. The van der Waals surface area contributed by atoms with Gasteiger partial charge in [-0.25, -0.2) is 4.57 Å². The van der Waals surface area contributed by atoms with Crippen molar-refractivity contribution >= 4 is 19.8 Å². The largest absolute Gasteiger partial charge is 0.472 e. The molecule has 0 aromatic carbocycles. The van der Waals surface area contributed by atoms with Gasteiger partial charge in [-0.3, -0.25) is 18.6 Å². The average Bonchev–Trinajstić information content (AvgIpc) is 3.45. The second kappa shape index (κ2) is 61.5. The lowest BCUT2D eigenvalue weighted by molar-refractivity contribution is -0.870. The third kappa shape index (κ3) is 65.0. The van der Waals surface area contributed by atoms with Gasteiger partial charge in [-0.15, -0.1) is 0 Å². The van der Waals surface area contributed by atoms with Gasteiger partial charge in [0.2, 0.25) is 0 Å². The van der Waals surface area contributed by atoms with Crippen LogP contribution in [-0.4, -0.2) is 74.9 Å². The first kappa shape index (κ1) is 77.9. The Balaban J connectivity index is 4.02. The van der Waals surface area contributed by atoms with Crippen LogP contribution in [0, 0.1) is 0 Å². The molecule has 2 atom stereocenters. The molecule has 2 unspecified atom stereocenters. The van der Waals surface area contributed by atoms with Gasteiger partial charge in [0, 0.05) is 12.8 Å². The van der Waals surface area contributed by atoms with Gasteiger partial charge < -0.3 is 18.9 Å². The van der Waals surface area contributed by atoms with E-state index in [1.807, 2.05) is 21.1 Å². The Bertz CT molecular complexity index is 1890. The molecule has 0 amide bonds. The number of quaternary nitrogens is 1. The van der Waals surface area contributed by atoms with E-state index < -0.39 is 32.5 Å². The van der Waals surface area contributed by atoms with Gasteiger partial charge in [-0.1, -0.05) is 269 Å². The fraction of sp³-hybridized carbons (Fsp3) is 0.639. The van der Waals surface area contributed by atoms with Crippen LogP contribution in [0.1, 0.15) is 245 Å². The van der Waals surface area contributed by atoms with Gasteiger partial charge in [0.25, 0.3) is 0 Å². The number of carbonyl (C=O) groups is 2. The fourth-order valence-corrected chi connectivity index (χ4v) is 9.19. The van der Waals surface area contributed by atoms with Crippen LogP contribution in [0.2, 0.25) is 0 Å². The Morgan fingerprint density at radius 1 is 0.378 bits per heavy atom. The smallest absolute Gasteiger partial charge is 0.462 e. The van der Waals surface area contributed by atoms with E-state index in [2.05, 4.69) is 160 Å². The number of phosphoric ester groups is 1. The van der Waals surface area contributed by atoms with E-state index in [1.165, 1.54) is 103 Å². The third-order valence-electron chi connectivity index (χ3n) is 13.4. The minimum absolute atomic E-state index is 0.0174. The maximum Gasteiger partial charge on any atom is 0.472 e. The minimum Gasteiger partial charge on any atom is -0.462 e. The van der Waals surface area contributed by atoms with Gasteiger partial charge >= 0.3 is 19.8 Å². The van der Waals surface area contributed by atoms with Crippen LogP contribution >= 0.6 is 7.82 Å². The number of rotatable bonds is 58. The van der Waals surface area contributed by atoms with Crippen molar-refractivity contribution in [1.82, 2.24) is 0 Å². The Labute approximate surface area is 503 Å². The van der Waals surface area contributed by atoms with Crippen LogP contribution in [0.3, 0.4) is 0 Å². The SMILES string of the molecule is CC/C=C\C/C=C\C/C=C\C/C=C\C/C=C\C/C=C\C/C=C\CCCCCCCCCCCCCCCCCCCCCC(=O)OC(COC(=O)CCC/C=C\C/C=C\C/C=C\C/C=C\C/C=C\CC)COP(=O)(O)OCC[N+](C)(C)C. The van der Waals surface area contributed by atoms with Crippen molar-refractivity contribution in [2.75, 3.05) is 47.5 Å². The van der Waals surface area contributed by atoms with Gasteiger partial charge in [0.1, 0.15) is 19.8 Å². The normalized spacial score (nSPS) is 14.2. The van der Waals surface area contributed by atoms with E-state index in [-0.39, 0.29) is 26.1 Å². The van der Waals surface area contributed by atoms with Crippen LogP contribution in [0.5, 0.6) is 0 Å². The van der Waals surface area contributed by atoms with Crippen molar-refractivity contribution in [2.24, 2.45) is 0 Å². The molecule has 0 aromatic rings. The van der Waals surface area contributed by atoms with Gasteiger partial charge in [0.05, 0.1) is 27.7 Å². The summed E-state index contributed by atoms with van der Waals surface area (Å²) in [6.45, 7) is 4.13. The highest BCUT2D eigenvalue weighted by Gasteiger charge is 2.27. The molecule has 0 aliphatic heterocycles. The molecule has 0 bridgehead atoms. The van der Waals surface area contributed by atoms with Crippen molar-refractivity contribution in [3.63, 3.8) is 0 Å². The molecule has 0 rings (SSSR count). The molecular formula is C72H121NO8P+. The van der Waals surface area contributed by atoms with Crippen molar-refractivity contribution < 1.29 is 42.1 Å². The summed E-state index contributed by atoms with van der Waals surface area (Å²) in [5.41, 5.74) is 0. The molecule has 0 saturated heterocycles. The van der Waals surface area contributed by atoms with Crippen LogP contribution in [0.25, 0.3) is 0 Å². The van der Waals surface area contributed by atoms with E-state index in [0.29, 0.717) is 23.9 Å². The maximum atomic E-state index is 12.8. The molecule has 0 aliphatic rings. The van der Waals surface area contributed by atoms with Crippen LogP contribution in [0.15, 0.2) is 146 Å². The first-order valence-corrected chi connectivity index (χ1v) is 34.1. The van der Waals surface area contributed by atoms with Gasteiger partial charge in [-0.2, -0.15) is 0 Å². The summed E-state index contributed by atoms with van der Waals surface area (Å²) in [5, 5.41) is 0. The van der Waals surface area contributed by atoms with Crippen LogP contribution in [0.4, 0.5) is 0 Å². The summed E-state index contributed by atoms with van der Waals surface area (Å²) in [5.74, 6) is -0.869. The second-order valence-electron chi connectivity index (χ2n) is 22.4. The molecule has 466 valence electrons. The molecule has 9 nitrogen and oxygen atoms in total. The summed E-state index contributed by atoms with van der Waals surface area (Å²) < 4.78 is 34.5. The zero-order valence-electron chi connectivity index (χ0n) is 52.9. The molecule has 0 aliphatic carbocycles. The molecule has 10 heteroatoms. The Hall–Kier alpha value is -4.11. The van der Waals surface area contributed by atoms with Crippen molar-refractivity contribution in [1.29, 1.82) is 0 Å². The minimum atomic E-state index is -4.41. The van der Waals surface area contributed by atoms with Crippen molar-refractivity contribution in [2.45, 2.75) is 251 Å². The topological polar surface area (TPSA) is 108 Å². The van der Waals surface area contributed by atoms with E-state index in [4.69, 9.17) is 18.5 Å². The summed E-state index contributed by atoms with van der Waals surface area (Å²) in [7, 11) is 1.44. The molecule has 0 fully saturated rings. The van der Waals surface area contributed by atoms with Crippen LogP contribution in [-0.2, 0) is 32.7 Å². The number of nitrogens with zero attached hydrogens (tertiary/aromatic N) is 1. The summed E-state index contributed by atoms with van der Waals surface area (Å²) >= 11 is 0. The molecule has 0 spiro atoms. The predicted octanol–water partition coefficient (Wildman–Crippen LogP) is 21.0. The number of hydrogen-bond donors (Lipinski definition) is 1. The average molecular weight is 1160 g/mol. The molecular weight excluding hydrogens is 1040 g/mol. The van der Waals surface area contributed by atoms with Crippen molar-refractivity contribution in [3.8, 4) is 0 Å². The number of unbranched alkanes of at least 4 members (excludes halogenated alkanes) is 20. The van der Waals surface area contributed by atoms with E-state index >= 15 is 0 Å². The van der Waals surface area contributed by atoms with Crippen molar-refractivity contribution in [3.05, 3.63) is 146 Å². The number of likely N-dealkylation sites (N-methyl/N-ethyl adjacent to an activating group) is 1. The number of esters is 2. The maximum absolute atomic E-state index is 12.8. The Morgan fingerprint density at radius 3 is 1.01 bits per heavy atom. The zero-order chi connectivity index (χ0) is 59.8. The van der Waals surface area contributed by atoms with E-state index in [0.717, 1.165) is 103 Å². The predicted molar refractivity (Wildman–Crippen MR) is 353 cm³/mol. The Morgan fingerprint density at radius 2 is 0.671 bits per heavy atom. The number of allylic oxidation sites excluding steroid dienone is 24. The fourth-order valence-electron chi connectivity index (χ4n) is 8.44. The number of hydrogen-bond acceptors (Lipinski definition) is 7. The standard InChI is InChI=1S/C72H120NO8P/c1-6-8-10-12-14-16-18-20-22-24-25-26-27-28-29-30-31-32-33-34-35-36-37-38-39-40-41-42-43-44-45-46-47-49-51-53-55-57-59-61-63-65-72(75)81-70(69-80-82(76,77)79-67-66-73(3,4)5)68-78-71(74)64-62-60-58-56-54-52-50-48-23-21-19-17-15-13-11-9-7-2/h8-11,14-17,20-23,25-26,28-29,31-32,34-35,50,52,56,58,70H,6-7,12-13,18-19,24,27,30,33,36-49,51,53-55,57,59-69H2,1-5H3/p+1/b10-8-,11-9-,16-14-,17-15-,22-20-,23-21-,26-25-,29-28-,32-31-,35-34-,52-50-,58-56-. The lowest BCUT2D eigenvalue weighted by Gasteiger charge is -2.24. The highest BCUT2D eigenvalue weighted by atomic mass is 31.2. The third-order valence-corrected chi connectivity index (χ3v) is 14.3.